The second-order valence-electron chi connectivity index (χ2n) is 1.80. The summed E-state index contributed by atoms with van der Waals surface area (Å²) in [6.45, 7) is 4.94. The quantitative estimate of drug-likeness (QED) is 0.439. The normalized spacial score (nSPS) is 10.8. The van der Waals surface area contributed by atoms with E-state index >= 15 is 0 Å². The molecule has 54 valence electrons. The average Bonchev–Trinajstić information content (AvgIpc) is 1.89. The van der Waals surface area contributed by atoms with Crippen molar-refractivity contribution in [2.24, 2.45) is 0 Å². The zero-order valence-corrected chi connectivity index (χ0v) is 8.37. The van der Waals surface area contributed by atoms with E-state index < -0.39 is 5.97 Å². The Kier molecular flexibility index (Phi) is 11.7. The molecule has 0 radical (unpaired) electrons. The van der Waals surface area contributed by atoms with Gasteiger partial charge in [0.2, 0.25) is 0 Å². The van der Waals surface area contributed by atoms with Crippen molar-refractivity contribution in [3.8, 4) is 0 Å². The Balaban J connectivity index is 0. The summed E-state index contributed by atoms with van der Waals surface area (Å²) in [5.41, 5.74) is 0. The molecule has 4 heteroatoms. The predicted octanol–water partition coefficient (Wildman–Crippen LogP) is 0.140. The monoisotopic (exact) mass is 154 g/mol. The fourth-order valence-electron chi connectivity index (χ4n) is 0. The predicted molar refractivity (Wildman–Crippen MR) is 39.9 cm³/mol. The van der Waals surface area contributed by atoms with Crippen LogP contribution in [0.3, 0.4) is 0 Å². The van der Waals surface area contributed by atoms with Crippen LogP contribution in [-0.4, -0.2) is 47.5 Å². The van der Waals surface area contributed by atoms with Gasteiger partial charge in [0.05, 0.1) is 0 Å². The van der Waals surface area contributed by atoms with E-state index in [0.717, 1.165) is 40.4 Å². The van der Waals surface area contributed by atoms with E-state index in [0.29, 0.717) is 0 Å². The van der Waals surface area contributed by atoms with Crippen LogP contribution in [0.25, 0.3) is 0 Å². The molecule has 0 aliphatic rings. The molecule has 0 spiro atoms. The zero-order valence-electron chi connectivity index (χ0n) is 6.37. The van der Waals surface area contributed by atoms with Crippen molar-refractivity contribution in [3.63, 3.8) is 0 Å². The molecular weight excluding hydrogens is 143 g/mol. The SMILES string of the molecule is C=CC(=O)O.CC[CH](O)[Na]. The standard InChI is InChI=1S/C3H4O2.C3H7O.Na/c1-2-3(4)5;1-2-3-4;/h2H,1H2,(H,4,5);3-4H,2H2,1H3;. The van der Waals surface area contributed by atoms with Crippen molar-refractivity contribution in [1.29, 1.82) is 0 Å². The number of hydrogen-bond acceptors (Lipinski definition) is 2. The molecule has 0 amide bonds. The Morgan fingerprint density at radius 2 is 2.10 bits per heavy atom. The molecule has 0 aromatic carbocycles. The van der Waals surface area contributed by atoms with Crippen LogP contribution in [0.2, 0.25) is 0 Å². The van der Waals surface area contributed by atoms with Crippen LogP contribution in [0, 0.1) is 0 Å². The molecule has 10 heavy (non-hydrogen) atoms. The van der Waals surface area contributed by atoms with E-state index in [-0.39, 0.29) is 3.35 Å². The van der Waals surface area contributed by atoms with Crippen molar-refractivity contribution < 1.29 is 15.0 Å². The average molecular weight is 154 g/mol. The van der Waals surface area contributed by atoms with E-state index in [1.807, 2.05) is 6.92 Å². The van der Waals surface area contributed by atoms with Crippen LogP contribution in [-0.2, 0) is 4.79 Å². The van der Waals surface area contributed by atoms with Gasteiger partial charge in [-0.05, 0) is 0 Å². The van der Waals surface area contributed by atoms with Crippen LogP contribution in [0.15, 0.2) is 12.7 Å². The number of carboxylic acids is 1. The van der Waals surface area contributed by atoms with Crippen molar-refractivity contribution in [2.75, 3.05) is 0 Å². The van der Waals surface area contributed by atoms with Crippen LogP contribution < -0.4 is 0 Å². The van der Waals surface area contributed by atoms with E-state index in [1.165, 1.54) is 0 Å². The van der Waals surface area contributed by atoms with Gasteiger partial charge in [-0.2, -0.15) is 0 Å². The maximum absolute atomic E-state index is 9.25. The first-order valence-electron chi connectivity index (χ1n) is 3.08. The second-order valence-corrected chi connectivity index (χ2v) is 3.13. The maximum atomic E-state index is 9.25. The number of aliphatic hydroxyl groups excluding tert-OH is 1. The van der Waals surface area contributed by atoms with Gasteiger partial charge in [0.15, 0.2) is 0 Å². The Bertz CT molecular complexity index is 101. The molecule has 0 rings (SSSR count). The zero-order chi connectivity index (χ0) is 8.57. The Hall–Kier alpha value is 0.170. The van der Waals surface area contributed by atoms with E-state index in [9.17, 15) is 4.79 Å². The van der Waals surface area contributed by atoms with E-state index in [1.54, 1.807) is 0 Å². The molecular formula is C6H11NaO3. The molecule has 0 saturated heterocycles. The third-order valence-corrected chi connectivity index (χ3v) is 1.58. The van der Waals surface area contributed by atoms with Crippen LogP contribution in [0.5, 0.6) is 0 Å². The van der Waals surface area contributed by atoms with Gasteiger partial charge in [0.25, 0.3) is 0 Å². The molecule has 0 aliphatic carbocycles. The van der Waals surface area contributed by atoms with Crippen LogP contribution in [0.1, 0.15) is 13.3 Å². The van der Waals surface area contributed by atoms with Gasteiger partial charge < -0.3 is 5.11 Å². The molecule has 0 aromatic heterocycles. The first-order valence-corrected chi connectivity index (χ1v) is 4.23. The van der Waals surface area contributed by atoms with E-state index in [2.05, 4.69) is 6.58 Å². The molecule has 1 atom stereocenters. The first-order chi connectivity index (χ1) is 4.54. The summed E-state index contributed by atoms with van der Waals surface area (Å²) in [4.78, 5) is 9.25. The Labute approximate surface area is 78.2 Å². The van der Waals surface area contributed by atoms with Gasteiger partial charge in [-0.25, -0.2) is 4.79 Å². The summed E-state index contributed by atoms with van der Waals surface area (Å²) in [6.07, 6.45) is 1.76. The Morgan fingerprint density at radius 1 is 1.90 bits per heavy atom. The molecule has 0 aliphatic heterocycles. The van der Waals surface area contributed by atoms with Crippen LogP contribution >= 0.6 is 0 Å². The van der Waals surface area contributed by atoms with Gasteiger partial charge >= 0.3 is 55.7 Å². The van der Waals surface area contributed by atoms with Crippen molar-refractivity contribution in [2.45, 2.75) is 16.7 Å². The summed E-state index contributed by atoms with van der Waals surface area (Å²) in [5.74, 6) is -0.981. The van der Waals surface area contributed by atoms with Gasteiger partial charge in [-0.1, -0.05) is 6.58 Å². The third kappa shape index (κ3) is 24.2. The van der Waals surface area contributed by atoms with Crippen molar-refractivity contribution >= 4 is 33.9 Å². The first kappa shape index (κ1) is 12.8. The number of carbonyl (C=O) groups is 1. The summed E-state index contributed by atoms with van der Waals surface area (Å²) in [7, 11) is 0. The Morgan fingerprint density at radius 3 is 2.10 bits per heavy atom. The molecule has 2 N–H and O–H groups in total. The summed E-state index contributed by atoms with van der Waals surface area (Å²) < 4.78 is 0.0231. The van der Waals surface area contributed by atoms with Gasteiger partial charge in [-0.15, -0.1) is 0 Å². The minimum atomic E-state index is -0.981. The molecule has 0 aromatic rings. The molecule has 1 unspecified atom stereocenters. The minimum absolute atomic E-state index is 0.0231. The number of rotatable bonds is 2. The molecule has 3 nitrogen and oxygen atoms in total. The third-order valence-electron chi connectivity index (χ3n) is 0.765. The van der Waals surface area contributed by atoms with Gasteiger partial charge in [-0.3, -0.25) is 0 Å². The number of aliphatic hydroxyl groups is 1. The van der Waals surface area contributed by atoms with Crippen molar-refractivity contribution in [1.82, 2.24) is 0 Å². The van der Waals surface area contributed by atoms with Gasteiger partial charge in [0, 0.05) is 6.08 Å². The van der Waals surface area contributed by atoms with Crippen LogP contribution in [0.4, 0.5) is 0 Å². The van der Waals surface area contributed by atoms with Crippen molar-refractivity contribution in [3.05, 3.63) is 12.7 Å². The fraction of sp³-hybridized carbons (Fsp3) is 0.500. The second kappa shape index (κ2) is 9.17. The summed E-state index contributed by atoms with van der Waals surface area (Å²) in [6, 6.07) is 0. The summed E-state index contributed by atoms with van der Waals surface area (Å²) in [5, 5.41) is 16.0. The molecule has 0 heterocycles. The topological polar surface area (TPSA) is 57.5 Å². The van der Waals surface area contributed by atoms with E-state index in [4.69, 9.17) is 10.2 Å². The molecule has 0 bridgehead atoms. The molecule has 0 fully saturated rings. The number of aliphatic carboxylic acids is 1. The summed E-state index contributed by atoms with van der Waals surface area (Å²) >= 11 is 0.925. The van der Waals surface area contributed by atoms with Gasteiger partial charge in [0.1, 0.15) is 0 Å². The fourth-order valence-corrected chi connectivity index (χ4v) is 0. The molecule has 0 saturated carbocycles. The number of hydrogen-bond donors (Lipinski definition) is 2. The number of carboxylic acid groups (broad SMARTS) is 1.